The van der Waals surface area contributed by atoms with Crippen molar-refractivity contribution < 1.29 is 14.3 Å². The summed E-state index contributed by atoms with van der Waals surface area (Å²) >= 11 is 5.57. The molecule has 0 aliphatic carbocycles. The molecular formula is C31H44ClNO3. The number of ether oxygens (including phenoxy) is 1. The van der Waals surface area contributed by atoms with E-state index < -0.39 is 5.24 Å². The topological polar surface area (TPSA) is 46.6 Å². The van der Waals surface area contributed by atoms with Crippen molar-refractivity contribution in [3.63, 3.8) is 0 Å². The second-order valence-corrected chi connectivity index (χ2v) is 9.95. The van der Waals surface area contributed by atoms with E-state index in [1.165, 1.54) is 77.0 Å². The minimum Gasteiger partial charge on any atom is -0.444 e. The van der Waals surface area contributed by atoms with Gasteiger partial charge in [-0.2, -0.15) is 0 Å². The smallest absolute Gasteiger partial charge is 0.414 e. The van der Waals surface area contributed by atoms with E-state index in [1.54, 1.807) is 29.2 Å². The van der Waals surface area contributed by atoms with Crippen LogP contribution in [0.25, 0.3) is 0 Å². The molecule has 0 aromatic heterocycles. The minimum absolute atomic E-state index is 0.229. The molecule has 2 rings (SSSR count). The summed E-state index contributed by atoms with van der Waals surface area (Å²) in [5.74, 6) is 0. The van der Waals surface area contributed by atoms with Crippen LogP contribution in [0.1, 0.15) is 113 Å². The number of benzene rings is 2. The second kappa shape index (κ2) is 18.9. The molecule has 0 spiro atoms. The van der Waals surface area contributed by atoms with Gasteiger partial charge in [0.15, 0.2) is 0 Å². The number of hydrogen-bond donors (Lipinski definition) is 0. The van der Waals surface area contributed by atoms with Gasteiger partial charge in [0.25, 0.3) is 5.24 Å². The van der Waals surface area contributed by atoms with Crippen molar-refractivity contribution in [2.75, 3.05) is 11.4 Å². The van der Waals surface area contributed by atoms with E-state index in [2.05, 4.69) is 6.92 Å². The molecule has 0 fully saturated rings. The molecule has 0 N–H and O–H groups in total. The van der Waals surface area contributed by atoms with E-state index in [9.17, 15) is 9.59 Å². The molecule has 0 bridgehead atoms. The summed E-state index contributed by atoms with van der Waals surface area (Å²) in [7, 11) is 0. The summed E-state index contributed by atoms with van der Waals surface area (Å²) in [5, 5.41) is -0.508. The van der Waals surface area contributed by atoms with Crippen molar-refractivity contribution in [3.8, 4) is 0 Å². The average Bonchev–Trinajstić information content (AvgIpc) is 2.90. The average molecular weight is 514 g/mol. The predicted octanol–water partition coefficient (Wildman–Crippen LogP) is 9.69. The van der Waals surface area contributed by atoms with Crippen molar-refractivity contribution in [2.45, 2.75) is 103 Å². The van der Waals surface area contributed by atoms with Gasteiger partial charge in [0.1, 0.15) is 6.61 Å². The van der Waals surface area contributed by atoms with Crippen LogP contribution in [0, 0.1) is 0 Å². The number of carbonyl (C=O) groups excluding carboxylic acids is 2. The highest BCUT2D eigenvalue weighted by Crippen LogP contribution is 2.20. The first-order valence-electron chi connectivity index (χ1n) is 13.9. The van der Waals surface area contributed by atoms with Gasteiger partial charge in [-0.15, -0.1) is 0 Å². The summed E-state index contributed by atoms with van der Waals surface area (Å²) in [5.41, 5.74) is 2.07. The van der Waals surface area contributed by atoms with Crippen LogP contribution >= 0.6 is 11.6 Å². The van der Waals surface area contributed by atoms with Crippen LogP contribution in [-0.2, 0) is 11.3 Å². The molecule has 0 aliphatic heterocycles. The third-order valence-electron chi connectivity index (χ3n) is 6.57. The molecule has 0 saturated carbocycles. The van der Waals surface area contributed by atoms with Crippen molar-refractivity contribution >= 4 is 28.6 Å². The Morgan fingerprint density at radius 1 is 0.694 bits per heavy atom. The van der Waals surface area contributed by atoms with Crippen LogP contribution in [0.3, 0.4) is 0 Å². The summed E-state index contributed by atoms with van der Waals surface area (Å²) in [6, 6.07) is 16.5. The number of unbranched alkanes of at least 4 members (excludes halogenated alkanes) is 13. The zero-order chi connectivity index (χ0) is 25.8. The van der Waals surface area contributed by atoms with Gasteiger partial charge in [0.2, 0.25) is 0 Å². The maximum Gasteiger partial charge on any atom is 0.414 e. The molecule has 36 heavy (non-hydrogen) atoms. The Labute approximate surface area is 223 Å². The predicted molar refractivity (Wildman–Crippen MR) is 151 cm³/mol. The molecule has 0 heterocycles. The number of amides is 1. The van der Waals surface area contributed by atoms with Crippen molar-refractivity contribution in [3.05, 3.63) is 65.7 Å². The molecule has 2 aromatic carbocycles. The molecule has 0 radical (unpaired) electrons. The van der Waals surface area contributed by atoms with Gasteiger partial charge in [0, 0.05) is 17.8 Å². The second-order valence-electron chi connectivity index (χ2n) is 9.61. The molecule has 0 unspecified atom stereocenters. The van der Waals surface area contributed by atoms with Crippen molar-refractivity contribution in [1.82, 2.24) is 0 Å². The molecule has 2 aromatic rings. The fourth-order valence-corrected chi connectivity index (χ4v) is 4.49. The Hall–Kier alpha value is -2.33. The van der Waals surface area contributed by atoms with Gasteiger partial charge in [-0.25, -0.2) is 4.79 Å². The Bertz CT molecular complexity index is 854. The first-order chi connectivity index (χ1) is 17.6. The summed E-state index contributed by atoms with van der Waals surface area (Å²) in [4.78, 5) is 26.0. The van der Waals surface area contributed by atoms with E-state index in [0.29, 0.717) is 17.8 Å². The lowest BCUT2D eigenvalue weighted by atomic mass is 10.0. The van der Waals surface area contributed by atoms with Gasteiger partial charge in [-0.05, 0) is 47.9 Å². The van der Waals surface area contributed by atoms with Gasteiger partial charge < -0.3 is 4.74 Å². The van der Waals surface area contributed by atoms with Crippen LogP contribution in [0.2, 0.25) is 0 Å². The zero-order valence-corrected chi connectivity index (χ0v) is 22.8. The molecule has 5 heteroatoms. The summed E-state index contributed by atoms with van der Waals surface area (Å²) < 4.78 is 5.59. The molecule has 0 aliphatic rings. The fraction of sp³-hybridized carbons (Fsp3) is 0.548. The summed E-state index contributed by atoms with van der Waals surface area (Å²) in [6.45, 7) is 3.08. The molecule has 1 amide bonds. The monoisotopic (exact) mass is 513 g/mol. The highest BCUT2D eigenvalue weighted by Gasteiger charge is 2.17. The third kappa shape index (κ3) is 12.6. The van der Waals surface area contributed by atoms with E-state index in [0.717, 1.165) is 18.4 Å². The Morgan fingerprint density at radius 3 is 1.69 bits per heavy atom. The molecule has 4 nitrogen and oxygen atoms in total. The Morgan fingerprint density at radius 2 is 1.19 bits per heavy atom. The van der Waals surface area contributed by atoms with Gasteiger partial charge >= 0.3 is 6.09 Å². The van der Waals surface area contributed by atoms with Crippen molar-refractivity contribution in [1.29, 1.82) is 0 Å². The summed E-state index contributed by atoms with van der Waals surface area (Å²) in [6.07, 6.45) is 17.7. The van der Waals surface area contributed by atoms with E-state index in [4.69, 9.17) is 16.3 Å². The van der Waals surface area contributed by atoms with Crippen molar-refractivity contribution in [2.24, 2.45) is 0 Å². The van der Waals surface area contributed by atoms with Gasteiger partial charge in [-0.1, -0.05) is 121 Å². The number of nitrogens with zero attached hydrogens (tertiary/aromatic N) is 1. The SMILES string of the molecule is CCCCCCCCCCCCCCCCN(C(=O)OCc1ccccc1)c1ccc(C(=O)Cl)cc1. The molecular weight excluding hydrogens is 470 g/mol. The quantitative estimate of drug-likeness (QED) is 0.139. The number of hydrogen-bond acceptors (Lipinski definition) is 3. The largest absolute Gasteiger partial charge is 0.444 e. The Kier molecular flexibility index (Phi) is 15.7. The number of carbonyl (C=O) groups is 2. The highest BCUT2D eigenvalue weighted by atomic mass is 35.5. The maximum atomic E-state index is 12.9. The lowest BCUT2D eigenvalue weighted by molar-refractivity contribution is 0.108. The number of rotatable bonds is 19. The fourth-order valence-electron chi connectivity index (χ4n) is 4.36. The van der Waals surface area contributed by atoms with Crippen LogP contribution in [0.15, 0.2) is 54.6 Å². The lowest BCUT2D eigenvalue weighted by Crippen LogP contribution is -2.32. The minimum atomic E-state index is -0.508. The van der Waals surface area contributed by atoms with Crippen LogP contribution in [0.4, 0.5) is 10.5 Å². The van der Waals surface area contributed by atoms with E-state index in [-0.39, 0.29) is 12.7 Å². The van der Waals surface area contributed by atoms with E-state index >= 15 is 0 Å². The van der Waals surface area contributed by atoms with Crippen LogP contribution in [0.5, 0.6) is 0 Å². The van der Waals surface area contributed by atoms with Crippen LogP contribution < -0.4 is 4.90 Å². The lowest BCUT2D eigenvalue weighted by Gasteiger charge is -2.22. The molecule has 0 saturated heterocycles. The molecule has 198 valence electrons. The number of anilines is 1. The molecule has 0 atom stereocenters. The zero-order valence-electron chi connectivity index (χ0n) is 22.1. The third-order valence-corrected chi connectivity index (χ3v) is 6.78. The first kappa shape index (κ1) is 29.9. The highest BCUT2D eigenvalue weighted by molar-refractivity contribution is 6.67. The number of halogens is 1. The standard InChI is InChI=1S/C31H44ClNO3/c1-2-3-4-5-6-7-8-9-10-11-12-13-14-18-25-33(29-23-21-28(22-24-29)30(32)34)31(35)36-26-27-19-16-15-17-20-27/h15-17,19-24H,2-14,18,25-26H2,1H3. The van der Waals surface area contributed by atoms with Gasteiger partial charge in [0.05, 0.1) is 0 Å². The van der Waals surface area contributed by atoms with E-state index in [1.807, 2.05) is 30.3 Å². The maximum absolute atomic E-state index is 12.9. The van der Waals surface area contributed by atoms with Crippen LogP contribution in [-0.4, -0.2) is 17.9 Å². The normalized spacial score (nSPS) is 10.8. The Balaban J connectivity index is 1.69. The first-order valence-corrected chi connectivity index (χ1v) is 14.3. The van der Waals surface area contributed by atoms with Gasteiger partial charge in [-0.3, -0.25) is 9.69 Å².